The van der Waals surface area contributed by atoms with Crippen molar-refractivity contribution in [3.8, 4) is 11.5 Å². The Kier molecular flexibility index (Phi) is 4.38. The van der Waals surface area contributed by atoms with Gasteiger partial charge in [-0.1, -0.05) is 18.2 Å². The molecule has 26 heavy (non-hydrogen) atoms. The average Bonchev–Trinajstić information content (AvgIpc) is 3.25. The molecule has 2 aliphatic rings. The second kappa shape index (κ2) is 6.70. The number of imidazole rings is 1. The van der Waals surface area contributed by atoms with Crippen molar-refractivity contribution in [3.05, 3.63) is 48.0 Å². The molecule has 136 valence electrons. The van der Waals surface area contributed by atoms with E-state index in [1.165, 1.54) is 5.52 Å². The molecule has 6 nitrogen and oxygen atoms in total. The van der Waals surface area contributed by atoms with Crippen molar-refractivity contribution in [1.29, 1.82) is 0 Å². The fraction of sp³-hybridized carbons (Fsp3) is 0.316. The highest BCUT2D eigenvalue weighted by Crippen LogP contribution is 2.35. The summed E-state index contributed by atoms with van der Waals surface area (Å²) in [6.07, 6.45) is 0.481. The molecular formula is C19H20ClN3O3. The third kappa shape index (κ3) is 2.66. The van der Waals surface area contributed by atoms with Crippen molar-refractivity contribution in [1.82, 2.24) is 4.57 Å². The van der Waals surface area contributed by atoms with Crippen LogP contribution in [0.3, 0.4) is 0 Å². The van der Waals surface area contributed by atoms with Gasteiger partial charge in [0.25, 0.3) is 0 Å². The van der Waals surface area contributed by atoms with Gasteiger partial charge in [0, 0.05) is 6.42 Å². The molecule has 0 saturated heterocycles. The third-order valence-electron chi connectivity index (χ3n) is 4.95. The molecule has 1 unspecified atom stereocenters. The number of rotatable bonds is 3. The second-order valence-electron chi connectivity index (χ2n) is 6.48. The van der Waals surface area contributed by atoms with Gasteiger partial charge in [-0.2, -0.15) is 0 Å². The number of halogens is 1. The van der Waals surface area contributed by atoms with Crippen LogP contribution in [0.1, 0.15) is 18.1 Å². The van der Waals surface area contributed by atoms with Crippen LogP contribution in [0.2, 0.25) is 0 Å². The molecule has 5 rings (SSSR count). The number of aryl methyl sites for hydroxylation is 1. The first-order valence-electron chi connectivity index (χ1n) is 8.64. The number of nitrogens with zero attached hydrogens (tertiary/aromatic N) is 2. The van der Waals surface area contributed by atoms with Crippen LogP contribution in [0.5, 0.6) is 11.5 Å². The lowest BCUT2D eigenvalue weighted by atomic mass is 10.1. The molecule has 1 aromatic heterocycles. The molecule has 7 heteroatoms. The van der Waals surface area contributed by atoms with Crippen molar-refractivity contribution in [3.63, 3.8) is 0 Å². The van der Waals surface area contributed by atoms with Crippen molar-refractivity contribution in [2.45, 2.75) is 25.6 Å². The molecule has 2 aliphatic heterocycles. The molecule has 2 aromatic carbocycles. The van der Waals surface area contributed by atoms with Crippen LogP contribution in [0.25, 0.3) is 11.0 Å². The van der Waals surface area contributed by atoms with E-state index in [4.69, 9.17) is 9.47 Å². The van der Waals surface area contributed by atoms with E-state index >= 15 is 0 Å². The Bertz CT molecular complexity index is 957. The van der Waals surface area contributed by atoms with Gasteiger partial charge < -0.3 is 27.0 Å². The van der Waals surface area contributed by atoms with E-state index in [1.54, 1.807) is 0 Å². The topological polar surface area (TPSA) is 59.5 Å². The summed E-state index contributed by atoms with van der Waals surface area (Å²) in [7, 11) is 0. The average molecular weight is 374 g/mol. The van der Waals surface area contributed by atoms with Crippen LogP contribution in [-0.2, 0) is 13.1 Å². The molecule has 0 saturated carbocycles. The molecule has 0 spiro atoms. The van der Waals surface area contributed by atoms with Gasteiger partial charge in [0.1, 0.15) is 23.7 Å². The zero-order valence-corrected chi connectivity index (χ0v) is 14.9. The highest BCUT2D eigenvalue weighted by atomic mass is 35.5. The SMILES string of the molecule is OC(Cn1c2[n+](c3ccccc31)CCCN2)c1ccc2c(c1)OCO2.[Cl-]. The van der Waals surface area contributed by atoms with E-state index in [0.717, 1.165) is 42.3 Å². The van der Waals surface area contributed by atoms with E-state index < -0.39 is 6.10 Å². The van der Waals surface area contributed by atoms with Gasteiger partial charge in [-0.25, -0.2) is 9.13 Å². The van der Waals surface area contributed by atoms with E-state index in [-0.39, 0.29) is 19.2 Å². The normalized spacial score (nSPS) is 15.9. The zero-order chi connectivity index (χ0) is 16.8. The lowest BCUT2D eigenvalue weighted by Gasteiger charge is -2.14. The quantitative estimate of drug-likeness (QED) is 0.591. The van der Waals surface area contributed by atoms with Gasteiger partial charge >= 0.3 is 5.95 Å². The monoisotopic (exact) mass is 373 g/mol. The summed E-state index contributed by atoms with van der Waals surface area (Å²) in [5.41, 5.74) is 3.16. The minimum atomic E-state index is -0.626. The first kappa shape index (κ1) is 17.0. The van der Waals surface area contributed by atoms with Crippen LogP contribution in [0.15, 0.2) is 42.5 Å². The number of fused-ring (bicyclic) bond motifs is 4. The number of benzene rings is 2. The Labute approximate surface area is 157 Å². The number of aliphatic hydroxyl groups excluding tert-OH is 1. The maximum Gasteiger partial charge on any atom is 0.358 e. The van der Waals surface area contributed by atoms with E-state index in [2.05, 4.69) is 32.7 Å². The highest BCUT2D eigenvalue weighted by Gasteiger charge is 2.28. The molecule has 0 bridgehead atoms. The fourth-order valence-electron chi connectivity index (χ4n) is 3.73. The maximum absolute atomic E-state index is 10.8. The van der Waals surface area contributed by atoms with Crippen LogP contribution in [-0.4, -0.2) is 23.0 Å². The Morgan fingerprint density at radius 3 is 2.92 bits per heavy atom. The molecule has 1 atom stereocenters. The van der Waals surface area contributed by atoms with Crippen molar-refractivity contribution >= 4 is 17.0 Å². The van der Waals surface area contributed by atoms with Crippen LogP contribution in [0, 0.1) is 0 Å². The van der Waals surface area contributed by atoms with Crippen molar-refractivity contribution in [2.24, 2.45) is 0 Å². The van der Waals surface area contributed by atoms with Crippen molar-refractivity contribution < 1.29 is 31.6 Å². The zero-order valence-electron chi connectivity index (χ0n) is 14.2. The number of hydrogen-bond acceptors (Lipinski definition) is 4. The Morgan fingerprint density at radius 2 is 2.00 bits per heavy atom. The number of nitrogens with one attached hydrogen (secondary N) is 1. The molecular weight excluding hydrogens is 354 g/mol. The number of para-hydroxylation sites is 2. The van der Waals surface area contributed by atoms with Gasteiger partial charge in [-0.05, 0) is 29.8 Å². The smallest absolute Gasteiger partial charge is 0.358 e. The fourth-order valence-corrected chi connectivity index (χ4v) is 3.73. The predicted molar refractivity (Wildman–Crippen MR) is 92.8 cm³/mol. The molecule has 3 heterocycles. The minimum absolute atomic E-state index is 0. The second-order valence-corrected chi connectivity index (χ2v) is 6.48. The lowest BCUT2D eigenvalue weighted by Crippen LogP contribution is -3.00. The summed E-state index contributed by atoms with van der Waals surface area (Å²) in [5, 5.41) is 14.3. The largest absolute Gasteiger partial charge is 1.00 e. The highest BCUT2D eigenvalue weighted by molar-refractivity contribution is 5.74. The van der Waals surface area contributed by atoms with Gasteiger partial charge in [0.2, 0.25) is 6.79 Å². The molecule has 0 amide bonds. The third-order valence-corrected chi connectivity index (χ3v) is 4.95. The van der Waals surface area contributed by atoms with Crippen LogP contribution in [0.4, 0.5) is 5.95 Å². The first-order chi connectivity index (χ1) is 12.3. The van der Waals surface area contributed by atoms with Crippen molar-refractivity contribution in [2.75, 3.05) is 18.7 Å². The number of hydrogen-bond donors (Lipinski definition) is 2. The lowest BCUT2D eigenvalue weighted by molar-refractivity contribution is -0.661. The summed E-state index contributed by atoms with van der Waals surface area (Å²) in [5.74, 6) is 2.49. The van der Waals surface area contributed by atoms with Gasteiger partial charge in [-0.3, -0.25) is 5.32 Å². The first-order valence-corrected chi connectivity index (χ1v) is 8.64. The number of ether oxygens (including phenoxy) is 2. The number of anilines is 1. The summed E-state index contributed by atoms with van der Waals surface area (Å²) in [6, 6.07) is 14.0. The Morgan fingerprint density at radius 1 is 1.15 bits per heavy atom. The van der Waals surface area contributed by atoms with Gasteiger partial charge in [0.05, 0.1) is 13.1 Å². The van der Waals surface area contributed by atoms with E-state index in [0.29, 0.717) is 12.3 Å². The molecule has 0 fully saturated rings. The van der Waals surface area contributed by atoms with E-state index in [1.807, 2.05) is 24.3 Å². The van der Waals surface area contributed by atoms with E-state index in [9.17, 15) is 5.11 Å². The maximum atomic E-state index is 10.8. The summed E-state index contributed by atoms with van der Waals surface area (Å²) < 4.78 is 15.2. The number of aromatic nitrogens is 2. The molecule has 0 aliphatic carbocycles. The minimum Gasteiger partial charge on any atom is -1.00 e. The summed E-state index contributed by atoms with van der Waals surface area (Å²) in [6.45, 7) is 2.67. The Balaban J connectivity index is 0.00000168. The number of aliphatic hydroxyl groups is 1. The van der Waals surface area contributed by atoms with Gasteiger partial charge in [0.15, 0.2) is 11.5 Å². The summed E-state index contributed by atoms with van der Waals surface area (Å²) >= 11 is 0. The van der Waals surface area contributed by atoms with Crippen LogP contribution >= 0.6 is 0 Å². The standard InChI is InChI=1S/C19H19N3O3.ClH/c23-16(13-6-7-17-18(10-13)25-12-24-17)11-22-15-5-2-1-4-14(15)21-9-3-8-20-19(21)22;/h1-2,4-7,10,16,23H,3,8-9,11-12H2;1H. The molecule has 0 radical (unpaired) electrons. The van der Waals surface area contributed by atoms with Gasteiger partial charge in [-0.15, -0.1) is 0 Å². The predicted octanol–water partition coefficient (Wildman–Crippen LogP) is -0.789. The summed E-state index contributed by atoms with van der Waals surface area (Å²) in [4.78, 5) is 0. The molecule has 3 aromatic rings. The Hall–Kier alpha value is -2.44. The van der Waals surface area contributed by atoms with Crippen LogP contribution < -0.4 is 31.8 Å². The molecule has 2 N–H and O–H groups in total.